The molecule has 0 aliphatic carbocycles. The second kappa shape index (κ2) is 14.8. The van der Waals surface area contributed by atoms with Gasteiger partial charge in [0, 0.05) is 44.6 Å². The molecule has 12 heteroatoms. The summed E-state index contributed by atoms with van der Waals surface area (Å²) in [4.78, 5) is 41.7. The lowest BCUT2D eigenvalue weighted by Crippen LogP contribution is -2.42. The third-order valence-corrected chi connectivity index (χ3v) is 7.67. The van der Waals surface area contributed by atoms with Gasteiger partial charge in [-0.3, -0.25) is 14.9 Å². The molecule has 224 valence electrons. The van der Waals surface area contributed by atoms with Crippen molar-refractivity contribution in [1.29, 1.82) is 0 Å². The Morgan fingerprint density at radius 3 is 2.62 bits per heavy atom. The van der Waals surface area contributed by atoms with E-state index >= 15 is 0 Å². The molecule has 3 aromatic rings. The van der Waals surface area contributed by atoms with Crippen molar-refractivity contribution in [3.05, 3.63) is 70.8 Å². The third-order valence-electron chi connectivity index (χ3n) is 7.24. The van der Waals surface area contributed by atoms with Crippen LogP contribution in [0.2, 0.25) is 5.02 Å². The summed E-state index contributed by atoms with van der Waals surface area (Å²) < 4.78 is 37.9. The maximum atomic E-state index is 13.8. The van der Waals surface area contributed by atoms with Crippen molar-refractivity contribution in [2.75, 3.05) is 32.1 Å². The fourth-order valence-electron chi connectivity index (χ4n) is 4.77. The highest BCUT2D eigenvalue weighted by Crippen LogP contribution is 2.23. The number of ether oxygens (including phenoxy) is 1. The molecule has 1 aliphatic rings. The van der Waals surface area contributed by atoms with Crippen LogP contribution in [0, 0.1) is 11.6 Å². The summed E-state index contributed by atoms with van der Waals surface area (Å²) in [5, 5.41) is 6.25. The van der Waals surface area contributed by atoms with Crippen LogP contribution in [0.4, 0.5) is 19.5 Å². The molecule has 1 atom stereocenters. The number of hydrogen-bond donors (Lipinski definition) is 1. The second-order valence-corrected chi connectivity index (χ2v) is 10.5. The summed E-state index contributed by atoms with van der Waals surface area (Å²) in [5.74, 6) is -1.29. The van der Waals surface area contributed by atoms with Crippen LogP contribution in [0.5, 0.6) is 0 Å². The van der Waals surface area contributed by atoms with Crippen LogP contribution >= 0.6 is 11.6 Å². The first-order valence-electron chi connectivity index (χ1n) is 13.8. The Labute approximate surface area is 247 Å². The molecular weight excluding hydrogens is 570 g/mol. The van der Waals surface area contributed by atoms with Gasteiger partial charge < -0.3 is 19.1 Å². The van der Waals surface area contributed by atoms with E-state index in [1.807, 2.05) is 4.90 Å². The molecule has 9 nitrogen and oxygen atoms in total. The van der Waals surface area contributed by atoms with E-state index in [9.17, 15) is 23.2 Å². The number of anilines is 1. The van der Waals surface area contributed by atoms with E-state index in [0.29, 0.717) is 29.9 Å². The topological polar surface area (TPSA) is 105 Å². The van der Waals surface area contributed by atoms with Gasteiger partial charge in [0.15, 0.2) is 0 Å². The molecule has 3 amide bonds. The number of amides is 3. The largest absolute Gasteiger partial charge is 0.447 e. The Morgan fingerprint density at radius 1 is 1.10 bits per heavy atom. The zero-order valence-electron chi connectivity index (χ0n) is 23.3. The Kier molecular flexibility index (Phi) is 10.9. The van der Waals surface area contributed by atoms with E-state index in [-0.39, 0.29) is 55.0 Å². The number of carbonyl (C=O) groups is 3. The highest BCUT2D eigenvalue weighted by atomic mass is 35.5. The van der Waals surface area contributed by atoms with Crippen molar-refractivity contribution in [1.82, 2.24) is 15.0 Å². The lowest BCUT2D eigenvalue weighted by atomic mass is 10.1. The number of halogens is 3. The Balaban J connectivity index is 1.36. The predicted octanol–water partition coefficient (Wildman–Crippen LogP) is 6.07. The zero-order valence-corrected chi connectivity index (χ0v) is 24.0. The van der Waals surface area contributed by atoms with Crippen LogP contribution in [-0.2, 0) is 20.7 Å². The highest BCUT2D eigenvalue weighted by Gasteiger charge is 2.25. The maximum Gasteiger partial charge on any atom is 0.414 e. The van der Waals surface area contributed by atoms with Crippen molar-refractivity contribution in [3.8, 4) is 11.3 Å². The number of nitrogens with zero attached hydrogens (tertiary/aromatic N) is 3. The predicted molar refractivity (Wildman–Crippen MR) is 153 cm³/mol. The van der Waals surface area contributed by atoms with Gasteiger partial charge in [0.1, 0.15) is 23.9 Å². The van der Waals surface area contributed by atoms with Gasteiger partial charge in [0.05, 0.1) is 11.1 Å². The van der Waals surface area contributed by atoms with Gasteiger partial charge in [-0.2, -0.15) is 0 Å². The van der Waals surface area contributed by atoms with Crippen molar-refractivity contribution in [2.24, 2.45) is 0 Å². The molecular formula is C30H33ClF2N4O5. The average Bonchev–Trinajstić information content (AvgIpc) is 3.46. The SMILES string of the molecule is CN(C(=O)CCc1cccc(F)c1Cl)[C@@H](CCC(=O)N1CCCCC1)COC(=O)Nc1cc(-c2cccc(F)c2)no1. The van der Waals surface area contributed by atoms with Crippen LogP contribution in [0.3, 0.4) is 0 Å². The van der Waals surface area contributed by atoms with Crippen molar-refractivity contribution in [2.45, 2.75) is 51.0 Å². The molecule has 0 bridgehead atoms. The normalized spacial score (nSPS) is 13.9. The summed E-state index contributed by atoms with van der Waals surface area (Å²) in [6.07, 6.45) is 2.89. The van der Waals surface area contributed by atoms with E-state index in [2.05, 4.69) is 10.5 Å². The first-order valence-corrected chi connectivity index (χ1v) is 14.2. The minimum Gasteiger partial charge on any atom is -0.447 e. The summed E-state index contributed by atoms with van der Waals surface area (Å²) in [6, 6.07) is 11.0. The Bertz CT molecular complexity index is 1400. The van der Waals surface area contributed by atoms with Gasteiger partial charge >= 0.3 is 6.09 Å². The van der Waals surface area contributed by atoms with E-state index in [4.69, 9.17) is 20.9 Å². The molecule has 1 aromatic heterocycles. The molecule has 1 aliphatic heterocycles. The minimum absolute atomic E-state index is 0.00695. The molecule has 0 radical (unpaired) electrons. The molecule has 1 N–H and O–H groups in total. The lowest BCUT2D eigenvalue weighted by Gasteiger charge is -2.30. The van der Waals surface area contributed by atoms with Gasteiger partial charge in [-0.1, -0.05) is 41.0 Å². The summed E-state index contributed by atoms with van der Waals surface area (Å²) in [5.41, 5.74) is 1.30. The van der Waals surface area contributed by atoms with Crippen LogP contribution in [-0.4, -0.2) is 65.6 Å². The molecule has 2 heterocycles. The van der Waals surface area contributed by atoms with E-state index in [1.54, 1.807) is 19.2 Å². The number of benzene rings is 2. The van der Waals surface area contributed by atoms with Gasteiger partial charge in [0.2, 0.25) is 17.7 Å². The Morgan fingerprint density at radius 2 is 1.86 bits per heavy atom. The molecule has 2 aromatic carbocycles. The van der Waals surface area contributed by atoms with Crippen LogP contribution in [0.1, 0.15) is 44.1 Å². The van der Waals surface area contributed by atoms with E-state index in [1.165, 1.54) is 41.3 Å². The minimum atomic E-state index is -0.850. The summed E-state index contributed by atoms with van der Waals surface area (Å²) in [6.45, 7) is 1.23. The number of rotatable bonds is 11. The van der Waals surface area contributed by atoms with Gasteiger partial charge in [0.25, 0.3) is 0 Å². The fraction of sp³-hybridized carbons (Fsp3) is 0.400. The van der Waals surface area contributed by atoms with Crippen LogP contribution < -0.4 is 5.32 Å². The molecule has 0 unspecified atom stereocenters. The molecule has 0 saturated carbocycles. The summed E-state index contributed by atoms with van der Waals surface area (Å²) in [7, 11) is 1.58. The van der Waals surface area contributed by atoms with Crippen molar-refractivity contribution < 1.29 is 32.4 Å². The molecule has 0 spiro atoms. The quantitative estimate of drug-likeness (QED) is 0.285. The lowest BCUT2D eigenvalue weighted by molar-refractivity contribution is -0.136. The number of piperidine rings is 1. The van der Waals surface area contributed by atoms with Crippen LogP contribution in [0.15, 0.2) is 53.1 Å². The molecule has 42 heavy (non-hydrogen) atoms. The number of aromatic nitrogens is 1. The third kappa shape index (κ3) is 8.51. The van der Waals surface area contributed by atoms with Crippen molar-refractivity contribution in [3.63, 3.8) is 0 Å². The van der Waals surface area contributed by atoms with E-state index < -0.39 is 23.8 Å². The smallest absolute Gasteiger partial charge is 0.414 e. The number of nitrogens with one attached hydrogen (secondary N) is 1. The van der Waals surface area contributed by atoms with E-state index in [0.717, 1.165) is 19.3 Å². The first kappa shape index (κ1) is 31.0. The highest BCUT2D eigenvalue weighted by molar-refractivity contribution is 6.31. The van der Waals surface area contributed by atoms with Gasteiger partial charge in [-0.25, -0.2) is 13.6 Å². The summed E-state index contributed by atoms with van der Waals surface area (Å²) >= 11 is 6.04. The molecule has 1 saturated heterocycles. The standard InChI is InChI=1S/C30H33ClF2N4O5/c1-36(27(38)13-11-20-7-6-10-24(33)29(20)31)23(12-14-28(39)37-15-3-2-4-16-37)19-41-30(40)34-26-18-25(35-42-26)21-8-5-9-22(32)17-21/h5-10,17-18,23H,2-4,11-16,19H2,1H3,(H,34,40)/t23-/m0/s1. The Hall–Kier alpha value is -3.99. The number of likely N-dealkylation sites (tertiary alicyclic amines) is 1. The van der Waals surface area contributed by atoms with Crippen molar-refractivity contribution >= 4 is 35.4 Å². The molecule has 1 fully saturated rings. The number of aryl methyl sites for hydroxylation is 1. The average molecular weight is 603 g/mol. The fourth-order valence-corrected chi connectivity index (χ4v) is 4.99. The zero-order chi connectivity index (χ0) is 30.1. The first-order chi connectivity index (χ1) is 20.2. The number of carbonyl (C=O) groups excluding carboxylic acids is 3. The van der Waals surface area contributed by atoms with Gasteiger partial charge in [-0.15, -0.1) is 0 Å². The number of hydrogen-bond acceptors (Lipinski definition) is 6. The van der Waals surface area contributed by atoms with Gasteiger partial charge in [-0.05, 0) is 55.9 Å². The second-order valence-electron chi connectivity index (χ2n) is 10.2. The maximum absolute atomic E-state index is 13.8. The number of likely N-dealkylation sites (N-methyl/N-ethyl adjacent to an activating group) is 1. The molecule has 4 rings (SSSR count). The van der Waals surface area contributed by atoms with Crippen LogP contribution in [0.25, 0.3) is 11.3 Å². The monoisotopic (exact) mass is 602 g/mol.